The van der Waals surface area contributed by atoms with Crippen LogP contribution in [0.25, 0.3) is 11.9 Å². The Bertz CT molecular complexity index is 1050. The van der Waals surface area contributed by atoms with E-state index in [9.17, 15) is 9.59 Å². The summed E-state index contributed by atoms with van der Waals surface area (Å²) in [6.45, 7) is 5.97. The van der Waals surface area contributed by atoms with Crippen molar-refractivity contribution in [1.82, 2.24) is 19.6 Å². The third kappa shape index (κ3) is 5.04. The van der Waals surface area contributed by atoms with Gasteiger partial charge in [0.15, 0.2) is 0 Å². The lowest BCUT2D eigenvalue weighted by atomic mass is 10.1. The lowest BCUT2D eigenvalue weighted by Gasteiger charge is -2.10. The Morgan fingerprint density at radius 3 is 2.69 bits per heavy atom. The summed E-state index contributed by atoms with van der Waals surface area (Å²) in [5.41, 5.74) is 4.33. The number of aromatic nitrogens is 4. The average Bonchev–Trinajstić information content (AvgIpc) is 3.16. The second kappa shape index (κ2) is 9.09. The molecule has 0 unspecified atom stereocenters. The van der Waals surface area contributed by atoms with Crippen LogP contribution in [0.3, 0.4) is 0 Å². The smallest absolute Gasteiger partial charge is 0.330 e. The number of hydrogen-bond acceptors (Lipinski definition) is 6. The quantitative estimate of drug-likeness (QED) is 0.490. The molecule has 8 nitrogen and oxygen atoms in total. The zero-order valence-corrected chi connectivity index (χ0v) is 16.7. The minimum absolute atomic E-state index is 0.0858. The van der Waals surface area contributed by atoms with Gasteiger partial charge in [-0.05, 0) is 56.5 Å². The van der Waals surface area contributed by atoms with Crippen LogP contribution >= 0.6 is 0 Å². The van der Waals surface area contributed by atoms with Crippen molar-refractivity contribution < 1.29 is 14.3 Å². The molecule has 150 valence electrons. The topological polar surface area (TPSA) is 98.5 Å². The van der Waals surface area contributed by atoms with Gasteiger partial charge in [0.2, 0.25) is 5.91 Å². The third-order valence-electron chi connectivity index (χ3n) is 4.48. The van der Waals surface area contributed by atoms with Gasteiger partial charge in [-0.25, -0.2) is 14.3 Å². The molecular weight excluding hydrogens is 370 g/mol. The van der Waals surface area contributed by atoms with Crippen molar-refractivity contribution in [2.75, 3.05) is 11.9 Å². The van der Waals surface area contributed by atoms with Crippen LogP contribution in [0.4, 0.5) is 5.69 Å². The lowest BCUT2D eigenvalue weighted by molar-refractivity contribution is -0.137. The monoisotopic (exact) mass is 393 g/mol. The summed E-state index contributed by atoms with van der Waals surface area (Å²) in [6.07, 6.45) is 5.40. The Morgan fingerprint density at radius 1 is 1.21 bits per heavy atom. The first-order chi connectivity index (χ1) is 14.0. The molecule has 0 fully saturated rings. The van der Waals surface area contributed by atoms with Crippen LogP contribution in [0.2, 0.25) is 0 Å². The fourth-order valence-corrected chi connectivity index (χ4v) is 3.01. The molecular formula is C21H23N5O3. The number of anilines is 1. The second-order valence-corrected chi connectivity index (χ2v) is 6.49. The van der Waals surface area contributed by atoms with E-state index in [2.05, 4.69) is 20.4 Å². The second-order valence-electron chi connectivity index (χ2n) is 6.49. The molecule has 8 heteroatoms. The summed E-state index contributed by atoms with van der Waals surface area (Å²) >= 11 is 0. The Hall–Kier alpha value is -3.55. The summed E-state index contributed by atoms with van der Waals surface area (Å²) < 4.78 is 6.53. The van der Waals surface area contributed by atoms with Crippen LogP contribution in [0.5, 0.6) is 0 Å². The van der Waals surface area contributed by atoms with Crippen molar-refractivity contribution in [3.8, 4) is 0 Å². The van der Waals surface area contributed by atoms with E-state index in [0.717, 1.165) is 22.5 Å². The molecule has 29 heavy (non-hydrogen) atoms. The van der Waals surface area contributed by atoms with Crippen molar-refractivity contribution >= 4 is 29.4 Å². The highest BCUT2D eigenvalue weighted by Crippen LogP contribution is 2.16. The Kier molecular flexibility index (Phi) is 6.33. The number of hydrogen-bond donors (Lipinski definition) is 1. The summed E-state index contributed by atoms with van der Waals surface area (Å²) in [5.74, 6) is 0.0941. The predicted octanol–water partition coefficient (Wildman–Crippen LogP) is 2.89. The summed E-state index contributed by atoms with van der Waals surface area (Å²) in [5, 5.41) is 7.05. The number of benzene rings is 1. The van der Waals surface area contributed by atoms with Gasteiger partial charge in [-0.2, -0.15) is 10.1 Å². The SMILES string of the molecule is CCOC(=O)/C=C/c1ccc(NC(=O)CCc2c(C)nc3ncnn3c2C)cc1. The van der Waals surface area contributed by atoms with E-state index in [-0.39, 0.29) is 11.9 Å². The molecule has 3 rings (SSSR count). The molecule has 0 aliphatic heterocycles. The van der Waals surface area contributed by atoms with Crippen molar-refractivity contribution in [2.24, 2.45) is 0 Å². The molecule has 0 saturated heterocycles. The first kappa shape index (κ1) is 20.2. The molecule has 0 aliphatic carbocycles. The molecule has 0 aliphatic rings. The number of nitrogens with zero attached hydrogens (tertiary/aromatic N) is 4. The molecule has 0 spiro atoms. The van der Waals surface area contributed by atoms with Gasteiger partial charge in [-0.3, -0.25) is 4.79 Å². The lowest BCUT2D eigenvalue weighted by Crippen LogP contribution is -2.14. The maximum atomic E-state index is 12.4. The van der Waals surface area contributed by atoms with Gasteiger partial charge in [0.05, 0.1) is 6.61 Å². The molecule has 0 bridgehead atoms. The summed E-state index contributed by atoms with van der Waals surface area (Å²) in [4.78, 5) is 32.2. The van der Waals surface area contributed by atoms with Crippen molar-refractivity contribution in [3.63, 3.8) is 0 Å². The van der Waals surface area contributed by atoms with Crippen molar-refractivity contribution in [3.05, 3.63) is 59.2 Å². The molecule has 1 amide bonds. The van der Waals surface area contributed by atoms with E-state index in [1.54, 1.807) is 29.6 Å². The highest BCUT2D eigenvalue weighted by molar-refractivity contribution is 5.91. The van der Waals surface area contributed by atoms with Crippen LogP contribution in [0, 0.1) is 13.8 Å². The number of fused-ring (bicyclic) bond motifs is 1. The molecule has 0 atom stereocenters. The standard InChI is InChI=1S/C21H23N5O3/c1-4-29-20(28)12-7-16-5-8-17(9-6-16)25-19(27)11-10-18-14(2)24-21-22-13-23-26(21)15(18)3/h5-9,12-13H,4,10-11H2,1-3H3,(H,25,27)/b12-7+. The van der Waals surface area contributed by atoms with E-state index >= 15 is 0 Å². The minimum atomic E-state index is -0.381. The molecule has 2 aromatic heterocycles. The van der Waals surface area contributed by atoms with Crippen molar-refractivity contribution in [1.29, 1.82) is 0 Å². The number of carbonyl (C=O) groups excluding carboxylic acids is 2. The number of esters is 1. The number of ether oxygens (including phenoxy) is 1. The molecule has 1 aromatic carbocycles. The Balaban J connectivity index is 1.58. The molecule has 3 aromatic rings. The number of aryl methyl sites for hydroxylation is 2. The number of nitrogens with one attached hydrogen (secondary N) is 1. The van der Waals surface area contributed by atoms with Gasteiger partial charge in [0, 0.05) is 29.6 Å². The van der Waals surface area contributed by atoms with Gasteiger partial charge >= 0.3 is 5.97 Å². The Morgan fingerprint density at radius 2 is 1.97 bits per heavy atom. The summed E-state index contributed by atoms with van der Waals surface area (Å²) in [7, 11) is 0. The van der Waals surface area contributed by atoms with Gasteiger partial charge in [-0.15, -0.1) is 0 Å². The highest BCUT2D eigenvalue weighted by Gasteiger charge is 2.12. The first-order valence-electron chi connectivity index (χ1n) is 9.38. The largest absolute Gasteiger partial charge is 0.463 e. The van der Waals surface area contributed by atoms with E-state index < -0.39 is 0 Å². The van der Waals surface area contributed by atoms with Crippen LogP contribution in [0.15, 0.2) is 36.7 Å². The normalized spacial score (nSPS) is 11.1. The number of amides is 1. The zero-order chi connectivity index (χ0) is 20.8. The fraction of sp³-hybridized carbons (Fsp3) is 0.286. The van der Waals surface area contributed by atoms with Crippen LogP contribution in [-0.4, -0.2) is 38.1 Å². The maximum Gasteiger partial charge on any atom is 0.330 e. The predicted molar refractivity (Wildman–Crippen MR) is 109 cm³/mol. The van der Waals surface area contributed by atoms with Gasteiger partial charge in [-0.1, -0.05) is 12.1 Å². The average molecular weight is 393 g/mol. The number of carbonyl (C=O) groups is 2. The molecule has 0 radical (unpaired) electrons. The minimum Gasteiger partial charge on any atom is -0.463 e. The van der Waals surface area contributed by atoms with E-state index in [0.29, 0.717) is 30.9 Å². The number of rotatable bonds is 7. The van der Waals surface area contributed by atoms with Gasteiger partial charge in [0.1, 0.15) is 6.33 Å². The third-order valence-corrected chi connectivity index (χ3v) is 4.48. The van der Waals surface area contributed by atoms with E-state index in [4.69, 9.17) is 4.74 Å². The molecule has 2 heterocycles. The van der Waals surface area contributed by atoms with Crippen LogP contribution < -0.4 is 5.32 Å². The molecule has 0 saturated carbocycles. The Labute approximate surface area is 168 Å². The maximum absolute atomic E-state index is 12.4. The van der Waals surface area contributed by atoms with E-state index in [1.165, 1.54) is 12.4 Å². The fourth-order valence-electron chi connectivity index (χ4n) is 3.01. The van der Waals surface area contributed by atoms with E-state index in [1.807, 2.05) is 26.0 Å². The van der Waals surface area contributed by atoms with Crippen LogP contribution in [-0.2, 0) is 20.7 Å². The summed E-state index contributed by atoms with van der Waals surface area (Å²) in [6, 6.07) is 7.23. The molecule has 1 N–H and O–H groups in total. The van der Waals surface area contributed by atoms with Crippen molar-refractivity contribution in [2.45, 2.75) is 33.6 Å². The van der Waals surface area contributed by atoms with Crippen LogP contribution in [0.1, 0.15) is 35.9 Å². The van der Waals surface area contributed by atoms with Gasteiger partial charge in [0.25, 0.3) is 5.78 Å². The zero-order valence-electron chi connectivity index (χ0n) is 16.7. The first-order valence-corrected chi connectivity index (χ1v) is 9.38. The van der Waals surface area contributed by atoms with Gasteiger partial charge < -0.3 is 10.1 Å². The highest BCUT2D eigenvalue weighted by atomic mass is 16.5.